The highest BCUT2D eigenvalue weighted by atomic mass is 14.6. The fourth-order valence-electron chi connectivity index (χ4n) is 4.78. The molecule has 0 heteroatoms. The summed E-state index contributed by atoms with van der Waals surface area (Å²) in [5.41, 5.74) is 4.16. The lowest BCUT2D eigenvalue weighted by molar-refractivity contribution is 0.256. The lowest BCUT2D eigenvalue weighted by Crippen LogP contribution is -2.23. The SMILES string of the molecule is c1ccc2c(c1)C1CC2C2(CCCC2)C1. The van der Waals surface area contributed by atoms with Crippen molar-refractivity contribution in [2.45, 2.75) is 50.4 Å². The van der Waals surface area contributed by atoms with Crippen LogP contribution in [0, 0.1) is 5.41 Å². The first-order valence-corrected chi connectivity index (χ1v) is 6.48. The zero-order chi connectivity index (χ0) is 9.88. The van der Waals surface area contributed by atoms with E-state index in [2.05, 4.69) is 24.3 Å². The topological polar surface area (TPSA) is 0 Å². The minimum Gasteiger partial charge on any atom is -0.0620 e. The molecule has 2 saturated carbocycles. The van der Waals surface area contributed by atoms with E-state index in [9.17, 15) is 0 Å². The average Bonchev–Trinajstić information content (AvgIpc) is 2.95. The summed E-state index contributed by atoms with van der Waals surface area (Å²) < 4.78 is 0. The van der Waals surface area contributed by atoms with Crippen LogP contribution in [0.15, 0.2) is 24.3 Å². The van der Waals surface area contributed by atoms with Gasteiger partial charge in [-0.2, -0.15) is 0 Å². The first-order valence-electron chi connectivity index (χ1n) is 6.48. The molecule has 4 rings (SSSR count). The molecule has 78 valence electrons. The van der Waals surface area contributed by atoms with Crippen molar-refractivity contribution >= 4 is 0 Å². The van der Waals surface area contributed by atoms with Gasteiger partial charge >= 0.3 is 0 Å². The van der Waals surface area contributed by atoms with Crippen molar-refractivity contribution in [1.82, 2.24) is 0 Å². The Labute approximate surface area is 91.7 Å². The summed E-state index contributed by atoms with van der Waals surface area (Å²) in [6, 6.07) is 9.24. The van der Waals surface area contributed by atoms with Gasteiger partial charge in [0.1, 0.15) is 0 Å². The van der Waals surface area contributed by atoms with E-state index in [1.165, 1.54) is 38.5 Å². The van der Waals surface area contributed by atoms with Gasteiger partial charge in [-0.25, -0.2) is 0 Å². The molecule has 0 heterocycles. The third kappa shape index (κ3) is 0.934. The third-order valence-corrected chi connectivity index (χ3v) is 5.32. The number of hydrogen-bond acceptors (Lipinski definition) is 0. The Kier molecular flexibility index (Phi) is 1.49. The van der Waals surface area contributed by atoms with Crippen molar-refractivity contribution in [3.63, 3.8) is 0 Å². The molecule has 1 aromatic carbocycles. The van der Waals surface area contributed by atoms with Crippen molar-refractivity contribution in [3.05, 3.63) is 35.4 Å². The monoisotopic (exact) mass is 198 g/mol. The van der Waals surface area contributed by atoms with Crippen LogP contribution in [-0.2, 0) is 0 Å². The molecule has 0 radical (unpaired) electrons. The van der Waals surface area contributed by atoms with Gasteiger partial charge in [-0.15, -0.1) is 0 Å². The first-order chi connectivity index (χ1) is 7.39. The van der Waals surface area contributed by atoms with E-state index >= 15 is 0 Å². The zero-order valence-corrected chi connectivity index (χ0v) is 9.21. The van der Waals surface area contributed by atoms with Crippen LogP contribution in [0.2, 0.25) is 0 Å². The second kappa shape index (κ2) is 2.66. The molecule has 3 aliphatic rings. The van der Waals surface area contributed by atoms with Gasteiger partial charge in [0.25, 0.3) is 0 Å². The van der Waals surface area contributed by atoms with Crippen molar-refractivity contribution in [1.29, 1.82) is 0 Å². The van der Waals surface area contributed by atoms with Gasteiger partial charge in [0.15, 0.2) is 0 Å². The summed E-state index contributed by atoms with van der Waals surface area (Å²) in [6.45, 7) is 0. The van der Waals surface area contributed by atoms with Gasteiger partial charge in [0, 0.05) is 0 Å². The summed E-state index contributed by atoms with van der Waals surface area (Å²) in [5, 5.41) is 0. The van der Waals surface area contributed by atoms with E-state index in [1.807, 2.05) is 0 Å². The predicted octanol–water partition coefficient (Wildman–Crippen LogP) is 4.22. The van der Waals surface area contributed by atoms with E-state index < -0.39 is 0 Å². The summed E-state index contributed by atoms with van der Waals surface area (Å²) in [7, 11) is 0. The molecular weight excluding hydrogens is 180 g/mol. The summed E-state index contributed by atoms with van der Waals surface area (Å²) in [4.78, 5) is 0. The van der Waals surface area contributed by atoms with Crippen LogP contribution in [-0.4, -0.2) is 0 Å². The summed E-state index contributed by atoms with van der Waals surface area (Å²) in [6.07, 6.45) is 9.00. The highest BCUT2D eigenvalue weighted by Crippen LogP contribution is 2.67. The van der Waals surface area contributed by atoms with Crippen LogP contribution >= 0.6 is 0 Å². The molecule has 0 saturated heterocycles. The van der Waals surface area contributed by atoms with Gasteiger partial charge in [-0.3, -0.25) is 0 Å². The fourth-order valence-corrected chi connectivity index (χ4v) is 4.78. The van der Waals surface area contributed by atoms with E-state index in [1.54, 1.807) is 11.1 Å². The zero-order valence-electron chi connectivity index (χ0n) is 9.21. The molecule has 2 atom stereocenters. The standard InChI is InChI=1S/C15H18/c1-2-6-13-12(5-1)11-9-14(13)15(10-11)7-3-4-8-15/h1-2,5-6,11,14H,3-4,7-10H2. The van der Waals surface area contributed by atoms with Crippen LogP contribution in [0.5, 0.6) is 0 Å². The van der Waals surface area contributed by atoms with Crippen LogP contribution in [0.1, 0.15) is 61.5 Å². The average molecular weight is 198 g/mol. The van der Waals surface area contributed by atoms with Crippen molar-refractivity contribution in [2.24, 2.45) is 5.41 Å². The fraction of sp³-hybridized carbons (Fsp3) is 0.600. The molecule has 3 aliphatic carbocycles. The molecule has 0 aliphatic heterocycles. The molecule has 2 bridgehead atoms. The predicted molar refractivity (Wildman–Crippen MR) is 62.1 cm³/mol. The van der Waals surface area contributed by atoms with Gasteiger partial charge < -0.3 is 0 Å². The molecule has 15 heavy (non-hydrogen) atoms. The Bertz CT molecular complexity index is 398. The van der Waals surface area contributed by atoms with Gasteiger partial charge in [0.2, 0.25) is 0 Å². The minimum absolute atomic E-state index is 0.749. The van der Waals surface area contributed by atoms with Crippen LogP contribution in [0.25, 0.3) is 0 Å². The number of fused-ring (bicyclic) bond motifs is 6. The highest BCUT2D eigenvalue weighted by molar-refractivity contribution is 5.43. The quantitative estimate of drug-likeness (QED) is 0.585. The van der Waals surface area contributed by atoms with E-state index in [0.29, 0.717) is 0 Å². The maximum absolute atomic E-state index is 2.40. The first kappa shape index (κ1) is 8.38. The van der Waals surface area contributed by atoms with Gasteiger partial charge in [-0.1, -0.05) is 37.1 Å². The lowest BCUT2D eigenvalue weighted by Gasteiger charge is -2.35. The highest BCUT2D eigenvalue weighted by Gasteiger charge is 2.53. The smallest absolute Gasteiger partial charge is 0.00965 e. The maximum Gasteiger partial charge on any atom is -0.00965 e. The summed E-state index contributed by atoms with van der Waals surface area (Å²) in [5.74, 6) is 1.85. The van der Waals surface area contributed by atoms with Crippen LogP contribution in [0.4, 0.5) is 0 Å². The lowest BCUT2D eigenvalue weighted by atomic mass is 9.70. The number of rotatable bonds is 0. The third-order valence-electron chi connectivity index (χ3n) is 5.32. The van der Waals surface area contributed by atoms with Gasteiger partial charge in [-0.05, 0) is 54.1 Å². The minimum atomic E-state index is 0.749. The Morgan fingerprint density at radius 2 is 1.73 bits per heavy atom. The molecule has 0 N–H and O–H groups in total. The van der Waals surface area contributed by atoms with Gasteiger partial charge in [0.05, 0.1) is 0 Å². The Hall–Kier alpha value is -0.780. The largest absolute Gasteiger partial charge is 0.0620 e. The molecule has 0 aromatic heterocycles. The van der Waals surface area contributed by atoms with Crippen molar-refractivity contribution in [3.8, 4) is 0 Å². The molecule has 2 unspecified atom stereocenters. The normalized spacial score (nSPS) is 34.9. The Morgan fingerprint density at radius 3 is 2.53 bits per heavy atom. The molecular formula is C15H18. The molecule has 1 aromatic rings. The second-order valence-corrected chi connectivity index (χ2v) is 5.89. The van der Waals surface area contributed by atoms with Crippen LogP contribution in [0.3, 0.4) is 0 Å². The summed E-state index contributed by atoms with van der Waals surface area (Å²) >= 11 is 0. The van der Waals surface area contributed by atoms with E-state index in [4.69, 9.17) is 0 Å². The number of benzene rings is 1. The molecule has 0 nitrogen and oxygen atoms in total. The maximum atomic E-state index is 2.40. The number of hydrogen-bond donors (Lipinski definition) is 0. The Balaban J connectivity index is 1.84. The Morgan fingerprint density at radius 1 is 1.00 bits per heavy atom. The van der Waals surface area contributed by atoms with Crippen molar-refractivity contribution < 1.29 is 0 Å². The van der Waals surface area contributed by atoms with Crippen LogP contribution < -0.4 is 0 Å². The second-order valence-electron chi connectivity index (χ2n) is 5.89. The molecule has 1 spiro atoms. The van der Waals surface area contributed by atoms with Crippen molar-refractivity contribution in [2.75, 3.05) is 0 Å². The molecule has 0 amide bonds. The van der Waals surface area contributed by atoms with E-state index in [-0.39, 0.29) is 0 Å². The molecule has 2 fully saturated rings. The van der Waals surface area contributed by atoms with E-state index in [0.717, 1.165) is 17.3 Å².